The van der Waals surface area contributed by atoms with Gasteiger partial charge in [0.15, 0.2) is 24.2 Å². The first-order chi connectivity index (χ1) is 11.5. The van der Waals surface area contributed by atoms with Crippen LogP contribution in [0.1, 0.15) is 32.3 Å². The molecule has 2 rings (SSSR count). The van der Waals surface area contributed by atoms with Crippen molar-refractivity contribution in [2.24, 2.45) is 0 Å². The van der Waals surface area contributed by atoms with Crippen molar-refractivity contribution in [1.82, 2.24) is 5.32 Å². The van der Waals surface area contributed by atoms with Gasteiger partial charge in [0.05, 0.1) is 7.11 Å². The van der Waals surface area contributed by atoms with E-state index in [1.54, 1.807) is 13.0 Å². The lowest BCUT2D eigenvalue weighted by molar-refractivity contribution is -0.156. The van der Waals surface area contributed by atoms with E-state index < -0.39 is 12.1 Å². The molecule has 0 saturated heterocycles. The van der Waals surface area contributed by atoms with Crippen LogP contribution in [-0.4, -0.2) is 37.7 Å². The Kier molecular flexibility index (Phi) is 6.23. The highest BCUT2D eigenvalue weighted by atomic mass is 16.6. The summed E-state index contributed by atoms with van der Waals surface area (Å²) in [5, 5.41) is 2.79. The summed E-state index contributed by atoms with van der Waals surface area (Å²) < 4.78 is 15.8. The Morgan fingerprint density at radius 3 is 2.71 bits per heavy atom. The van der Waals surface area contributed by atoms with E-state index in [4.69, 9.17) is 14.2 Å². The molecule has 24 heavy (non-hydrogen) atoms. The largest absolute Gasteiger partial charge is 0.493 e. The fourth-order valence-corrected chi connectivity index (χ4v) is 2.07. The quantitative estimate of drug-likeness (QED) is 0.739. The molecule has 1 fully saturated rings. The summed E-state index contributed by atoms with van der Waals surface area (Å²) in [7, 11) is 1.53. The number of nitrogens with one attached hydrogen (secondary N) is 1. The van der Waals surface area contributed by atoms with Gasteiger partial charge in [-0.15, -0.1) is 0 Å². The topological polar surface area (TPSA) is 73.9 Å². The van der Waals surface area contributed by atoms with Gasteiger partial charge in [0.2, 0.25) is 0 Å². The van der Waals surface area contributed by atoms with Gasteiger partial charge in [-0.3, -0.25) is 4.79 Å². The highest BCUT2D eigenvalue weighted by molar-refractivity contribution is 5.84. The van der Waals surface area contributed by atoms with Crippen molar-refractivity contribution in [2.45, 2.75) is 38.8 Å². The number of carbonyl (C=O) groups excluding carboxylic acids is 2. The van der Waals surface area contributed by atoms with Crippen molar-refractivity contribution in [2.75, 3.05) is 13.7 Å². The first kappa shape index (κ1) is 17.8. The van der Waals surface area contributed by atoms with Crippen molar-refractivity contribution < 1.29 is 23.8 Å². The van der Waals surface area contributed by atoms with Crippen molar-refractivity contribution in [3.8, 4) is 11.5 Å². The molecule has 0 spiro atoms. The van der Waals surface area contributed by atoms with Crippen LogP contribution in [0, 0.1) is 0 Å². The van der Waals surface area contributed by atoms with Gasteiger partial charge in [-0.2, -0.15) is 0 Å². The van der Waals surface area contributed by atoms with Gasteiger partial charge in [0.1, 0.15) is 0 Å². The van der Waals surface area contributed by atoms with Crippen LogP contribution in [0.25, 0.3) is 6.08 Å². The van der Waals surface area contributed by atoms with Crippen LogP contribution >= 0.6 is 0 Å². The summed E-state index contributed by atoms with van der Waals surface area (Å²) in [6, 6.07) is 5.63. The van der Waals surface area contributed by atoms with E-state index in [0.29, 0.717) is 11.5 Å². The summed E-state index contributed by atoms with van der Waals surface area (Å²) >= 11 is 0. The van der Waals surface area contributed by atoms with E-state index in [-0.39, 0.29) is 18.6 Å². The molecule has 1 aromatic carbocycles. The second-order valence-corrected chi connectivity index (χ2v) is 5.61. The number of hydrogen-bond acceptors (Lipinski definition) is 5. The summed E-state index contributed by atoms with van der Waals surface area (Å²) in [5.41, 5.74) is 0.967. The van der Waals surface area contributed by atoms with Gasteiger partial charge in [-0.25, -0.2) is 4.79 Å². The maximum Gasteiger partial charge on any atom is 0.344 e. The molecule has 0 heterocycles. The summed E-state index contributed by atoms with van der Waals surface area (Å²) in [6.45, 7) is 3.18. The Labute approximate surface area is 141 Å². The SMILES string of the molecule is C/C=C/c1ccc(OCC(=O)O[C@H](C)C(=O)NC2CC2)c(OC)c1. The zero-order chi connectivity index (χ0) is 17.5. The van der Waals surface area contributed by atoms with Crippen LogP contribution in [0.3, 0.4) is 0 Å². The Morgan fingerprint density at radius 1 is 1.33 bits per heavy atom. The van der Waals surface area contributed by atoms with Gasteiger partial charge in [-0.05, 0) is 44.4 Å². The van der Waals surface area contributed by atoms with Gasteiger partial charge in [0.25, 0.3) is 5.91 Å². The summed E-state index contributed by atoms with van der Waals surface area (Å²) in [6.07, 6.45) is 4.99. The Morgan fingerprint density at radius 2 is 2.08 bits per heavy atom. The lowest BCUT2D eigenvalue weighted by Gasteiger charge is -2.14. The van der Waals surface area contributed by atoms with Crippen LogP contribution in [0.2, 0.25) is 0 Å². The van der Waals surface area contributed by atoms with Crippen LogP contribution in [0.15, 0.2) is 24.3 Å². The number of ether oxygens (including phenoxy) is 3. The number of rotatable bonds is 8. The number of benzene rings is 1. The van der Waals surface area contributed by atoms with Gasteiger partial charge < -0.3 is 19.5 Å². The number of hydrogen-bond donors (Lipinski definition) is 1. The normalized spacial score (nSPS) is 15.0. The molecule has 1 saturated carbocycles. The second kappa shape index (κ2) is 8.38. The molecule has 0 aliphatic heterocycles. The number of carbonyl (C=O) groups is 2. The molecule has 0 radical (unpaired) electrons. The monoisotopic (exact) mass is 333 g/mol. The maximum absolute atomic E-state index is 11.8. The molecule has 1 atom stereocenters. The first-order valence-corrected chi connectivity index (χ1v) is 7.97. The van der Waals surface area contributed by atoms with Crippen molar-refractivity contribution in [1.29, 1.82) is 0 Å². The maximum atomic E-state index is 11.8. The predicted octanol–water partition coefficient (Wildman–Crippen LogP) is 2.32. The lowest BCUT2D eigenvalue weighted by Crippen LogP contribution is -2.37. The van der Waals surface area contributed by atoms with Crippen molar-refractivity contribution in [3.05, 3.63) is 29.8 Å². The molecule has 0 bridgehead atoms. The molecular formula is C18H23NO5. The van der Waals surface area contributed by atoms with E-state index >= 15 is 0 Å². The zero-order valence-corrected chi connectivity index (χ0v) is 14.2. The van der Waals surface area contributed by atoms with Crippen molar-refractivity contribution in [3.63, 3.8) is 0 Å². The minimum atomic E-state index is -0.833. The fourth-order valence-electron chi connectivity index (χ4n) is 2.07. The lowest BCUT2D eigenvalue weighted by atomic mass is 10.2. The molecule has 1 aliphatic rings. The van der Waals surface area contributed by atoms with Crippen LogP contribution in [0.4, 0.5) is 0 Å². The first-order valence-electron chi connectivity index (χ1n) is 7.97. The third-order valence-electron chi connectivity index (χ3n) is 3.49. The Bertz CT molecular complexity index is 622. The van der Waals surface area contributed by atoms with E-state index in [1.165, 1.54) is 7.11 Å². The summed E-state index contributed by atoms with van der Waals surface area (Å²) in [5.74, 6) is 0.0860. The number of esters is 1. The predicted molar refractivity (Wildman–Crippen MR) is 89.9 cm³/mol. The average Bonchev–Trinajstić information content (AvgIpc) is 3.37. The smallest absolute Gasteiger partial charge is 0.344 e. The van der Waals surface area contributed by atoms with E-state index in [2.05, 4.69) is 5.32 Å². The van der Waals surface area contributed by atoms with Crippen LogP contribution < -0.4 is 14.8 Å². The Hall–Kier alpha value is -2.50. The third-order valence-corrected chi connectivity index (χ3v) is 3.49. The molecule has 6 heteroatoms. The van der Waals surface area contributed by atoms with Crippen LogP contribution in [0.5, 0.6) is 11.5 Å². The Balaban J connectivity index is 1.85. The number of methoxy groups -OCH3 is 1. The zero-order valence-electron chi connectivity index (χ0n) is 14.2. The fraction of sp³-hybridized carbons (Fsp3) is 0.444. The standard InChI is InChI=1S/C18H23NO5/c1-4-5-13-6-9-15(16(10-13)22-3)23-11-17(20)24-12(2)18(21)19-14-7-8-14/h4-6,9-10,12,14H,7-8,11H2,1-3H3,(H,19,21)/b5-4+/t12-/m1/s1. The van der Waals surface area contributed by atoms with E-state index in [1.807, 2.05) is 31.2 Å². The minimum Gasteiger partial charge on any atom is -0.493 e. The highest BCUT2D eigenvalue weighted by Gasteiger charge is 2.27. The molecule has 1 amide bonds. The third kappa shape index (κ3) is 5.30. The molecule has 1 aromatic rings. The summed E-state index contributed by atoms with van der Waals surface area (Å²) in [4.78, 5) is 23.6. The van der Waals surface area contributed by atoms with Gasteiger partial charge in [-0.1, -0.05) is 18.2 Å². The molecule has 6 nitrogen and oxygen atoms in total. The number of allylic oxidation sites excluding steroid dienone is 1. The van der Waals surface area contributed by atoms with E-state index in [9.17, 15) is 9.59 Å². The van der Waals surface area contributed by atoms with Gasteiger partial charge >= 0.3 is 5.97 Å². The highest BCUT2D eigenvalue weighted by Crippen LogP contribution is 2.28. The van der Waals surface area contributed by atoms with Gasteiger partial charge in [0, 0.05) is 6.04 Å². The van der Waals surface area contributed by atoms with E-state index in [0.717, 1.165) is 18.4 Å². The minimum absolute atomic E-state index is 0.231. The molecule has 130 valence electrons. The molecule has 1 aliphatic carbocycles. The molecule has 0 aromatic heterocycles. The van der Waals surface area contributed by atoms with Crippen molar-refractivity contribution >= 4 is 18.0 Å². The second-order valence-electron chi connectivity index (χ2n) is 5.61. The molecule has 1 N–H and O–H groups in total. The van der Waals surface area contributed by atoms with Crippen LogP contribution in [-0.2, 0) is 14.3 Å². The molecular weight excluding hydrogens is 310 g/mol. The number of amides is 1. The molecule has 0 unspecified atom stereocenters. The average molecular weight is 333 g/mol.